The van der Waals surface area contributed by atoms with Gasteiger partial charge in [0.1, 0.15) is 0 Å². The smallest absolute Gasteiger partial charge is 0.329 e. The number of hydrogen-bond acceptors (Lipinski definition) is 5. The number of aromatic amines is 1. The Balaban J connectivity index is 2.45. The summed E-state index contributed by atoms with van der Waals surface area (Å²) in [7, 11) is 1.60. The molecule has 128 valence electrons. The van der Waals surface area contributed by atoms with Gasteiger partial charge in [0.15, 0.2) is 16.3 Å². The number of thioether (sulfide) groups is 1. The van der Waals surface area contributed by atoms with Crippen LogP contribution in [0.1, 0.15) is 39.5 Å². The molecule has 0 bridgehead atoms. The van der Waals surface area contributed by atoms with Crippen molar-refractivity contribution in [2.24, 2.45) is 7.05 Å². The zero-order valence-electron chi connectivity index (χ0n) is 13.8. The summed E-state index contributed by atoms with van der Waals surface area (Å²) in [4.78, 5) is 30.8. The Morgan fingerprint density at radius 3 is 2.70 bits per heavy atom. The van der Waals surface area contributed by atoms with Crippen LogP contribution in [0.2, 0.25) is 0 Å². The van der Waals surface area contributed by atoms with Crippen molar-refractivity contribution in [2.75, 3.05) is 5.75 Å². The van der Waals surface area contributed by atoms with Crippen molar-refractivity contribution in [1.82, 2.24) is 19.1 Å². The standard InChI is InChI=1S/C15H24N4O3S/c1-4-5-6-7-8-19-11-12(16-15(19)23-9-10(2)20)18(3)14(22)17-13(11)21/h10,20H,4-9H2,1-3H3,(H,17,21,22)/t10-/m0/s1. The Labute approximate surface area is 138 Å². The number of unbranched alkanes of at least 4 members (excludes halogenated alkanes) is 3. The Hall–Kier alpha value is -1.54. The van der Waals surface area contributed by atoms with Gasteiger partial charge < -0.3 is 9.67 Å². The summed E-state index contributed by atoms with van der Waals surface area (Å²) in [5.74, 6) is 0.490. The quantitative estimate of drug-likeness (QED) is 0.561. The van der Waals surface area contributed by atoms with Gasteiger partial charge in [-0.25, -0.2) is 9.78 Å². The molecule has 1 atom stereocenters. The molecule has 0 aliphatic carbocycles. The van der Waals surface area contributed by atoms with Crippen molar-refractivity contribution in [2.45, 2.75) is 57.3 Å². The van der Waals surface area contributed by atoms with Crippen LogP contribution in [0.15, 0.2) is 14.7 Å². The topological polar surface area (TPSA) is 92.9 Å². The zero-order valence-corrected chi connectivity index (χ0v) is 14.7. The SMILES string of the molecule is CCCCCCn1c(SC[C@H](C)O)nc2c1c(=O)[nH]c(=O)n2C. The zero-order chi connectivity index (χ0) is 17.0. The number of aliphatic hydroxyl groups excluding tert-OH is 1. The Morgan fingerprint density at radius 2 is 2.04 bits per heavy atom. The number of aromatic nitrogens is 4. The largest absolute Gasteiger partial charge is 0.393 e. The molecule has 0 amide bonds. The predicted octanol–water partition coefficient (Wildman–Crippen LogP) is 1.48. The van der Waals surface area contributed by atoms with Crippen LogP contribution in [-0.4, -0.2) is 36.1 Å². The van der Waals surface area contributed by atoms with E-state index in [0.29, 0.717) is 28.6 Å². The van der Waals surface area contributed by atoms with E-state index < -0.39 is 17.4 Å². The fourth-order valence-corrected chi connectivity index (χ4v) is 3.30. The molecule has 7 nitrogen and oxygen atoms in total. The number of H-pyrrole nitrogens is 1. The highest BCUT2D eigenvalue weighted by atomic mass is 32.2. The lowest BCUT2D eigenvalue weighted by Gasteiger charge is -2.09. The minimum absolute atomic E-state index is 0.391. The van der Waals surface area contributed by atoms with Gasteiger partial charge in [0.05, 0.1) is 6.10 Å². The van der Waals surface area contributed by atoms with Crippen LogP contribution >= 0.6 is 11.8 Å². The van der Waals surface area contributed by atoms with Gasteiger partial charge in [-0.1, -0.05) is 37.9 Å². The number of nitrogens with zero attached hydrogens (tertiary/aromatic N) is 3. The van der Waals surface area contributed by atoms with Crippen LogP contribution < -0.4 is 11.2 Å². The van der Waals surface area contributed by atoms with Gasteiger partial charge in [-0.15, -0.1) is 0 Å². The third-order valence-corrected chi connectivity index (χ3v) is 4.88. The van der Waals surface area contributed by atoms with Gasteiger partial charge in [-0.3, -0.25) is 14.3 Å². The molecular formula is C15H24N4O3S. The van der Waals surface area contributed by atoms with Gasteiger partial charge >= 0.3 is 5.69 Å². The fraction of sp³-hybridized carbons (Fsp3) is 0.667. The fourth-order valence-electron chi connectivity index (χ4n) is 2.42. The van der Waals surface area contributed by atoms with E-state index in [1.54, 1.807) is 14.0 Å². The lowest BCUT2D eigenvalue weighted by atomic mass is 10.2. The van der Waals surface area contributed by atoms with Gasteiger partial charge in [0.25, 0.3) is 5.56 Å². The molecule has 0 radical (unpaired) electrons. The van der Waals surface area contributed by atoms with Crippen LogP contribution in [0.3, 0.4) is 0 Å². The molecule has 0 saturated heterocycles. The van der Waals surface area contributed by atoms with Crippen molar-refractivity contribution < 1.29 is 5.11 Å². The molecule has 2 aromatic rings. The molecule has 2 heterocycles. The summed E-state index contributed by atoms with van der Waals surface area (Å²) in [5.41, 5.74) is -0.0563. The van der Waals surface area contributed by atoms with Crippen molar-refractivity contribution in [3.8, 4) is 0 Å². The Bertz CT molecular complexity index is 775. The van der Waals surface area contributed by atoms with Gasteiger partial charge in [0.2, 0.25) is 0 Å². The van der Waals surface area contributed by atoms with E-state index >= 15 is 0 Å². The Morgan fingerprint density at radius 1 is 1.30 bits per heavy atom. The third-order valence-electron chi connectivity index (χ3n) is 3.66. The number of hydrogen-bond donors (Lipinski definition) is 2. The molecule has 0 spiro atoms. The summed E-state index contributed by atoms with van der Waals surface area (Å²) >= 11 is 1.40. The molecule has 0 saturated carbocycles. The average molecular weight is 340 g/mol. The van der Waals surface area contributed by atoms with E-state index in [4.69, 9.17) is 0 Å². The molecule has 0 fully saturated rings. The summed E-state index contributed by atoms with van der Waals surface area (Å²) in [6.45, 7) is 4.54. The maximum Gasteiger partial charge on any atom is 0.329 e. The number of rotatable bonds is 8. The van der Waals surface area contributed by atoms with Gasteiger partial charge in [0, 0.05) is 19.3 Å². The van der Waals surface area contributed by atoms with E-state index in [9.17, 15) is 14.7 Å². The molecule has 2 aromatic heterocycles. The second-order valence-electron chi connectivity index (χ2n) is 5.76. The summed E-state index contributed by atoms with van der Waals surface area (Å²) in [5, 5.41) is 10.2. The maximum absolute atomic E-state index is 12.2. The number of aliphatic hydroxyl groups is 1. The first kappa shape index (κ1) is 17.8. The predicted molar refractivity (Wildman–Crippen MR) is 92.1 cm³/mol. The highest BCUT2D eigenvalue weighted by molar-refractivity contribution is 7.99. The van der Waals surface area contributed by atoms with E-state index in [2.05, 4.69) is 16.9 Å². The van der Waals surface area contributed by atoms with Crippen LogP contribution in [0.5, 0.6) is 0 Å². The van der Waals surface area contributed by atoms with E-state index in [-0.39, 0.29) is 0 Å². The Kier molecular flexibility index (Phi) is 6.06. The molecule has 0 unspecified atom stereocenters. The second kappa shape index (κ2) is 7.83. The highest BCUT2D eigenvalue weighted by Crippen LogP contribution is 2.23. The molecule has 0 aromatic carbocycles. The maximum atomic E-state index is 12.2. The lowest BCUT2D eigenvalue weighted by molar-refractivity contribution is 0.220. The first-order valence-electron chi connectivity index (χ1n) is 7.96. The van der Waals surface area contributed by atoms with E-state index in [1.165, 1.54) is 16.3 Å². The first-order chi connectivity index (χ1) is 11.0. The second-order valence-corrected chi connectivity index (χ2v) is 6.74. The van der Waals surface area contributed by atoms with Crippen LogP contribution in [-0.2, 0) is 13.6 Å². The van der Waals surface area contributed by atoms with Crippen molar-refractivity contribution in [1.29, 1.82) is 0 Å². The van der Waals surface area contributed by atoms with Crippen LogP contribution in [0, 0.1) is 0 Å². The minimum Gasteiger partial charge on any atom is -0.393 e. The third kappa shape index (κ3) is 4.06. The van der Waals surface area contributed by atoms with Gasteiger partial charge in [-0.05, 0) is 13.3 Å². The summed E-state index contributed by atoms with van der Waals surface area (Å²) < 4.78 is 3.22. The normalized spacial score (nSPS) is 12.9. The molecular weight excluding hydrogens is 316 g/mol. The van der Waals surface area contributed by atoms with Crippen LogP contribution in [0.25, 0.3) is 11.2 Å². The van der Waals surface area contributed by atoms with Gasteiger partial charge in [-0.2, -0.15) is 0 Å². The average Bonchev–Trinajstić information content (AvgIpc) is 2.86. The summed E-state index contributed by atoms with van der Waals surface area (Å²) in [6.07, 6.45) is 3.86. The van der Waals surface area contributed by atoms with Crippen molar-refractivity contribution >= 4 is 22.9 Å². The minimum atomic E-state index is -0.467. The molecule has 8 heteroatoms. The molecule has 0 aliphatic heterocycles. The number of imidazole rings is 1. The number of fused-ring (bicyclic) bond motifs is 1. The number of aryl methyl sites for hydroxylation is 2. The van der Waals surface area contributed by atoms with Crippen molar-refractivity contribution in [3.05, 3.63) is 20.8 Å². The van der Waals surface area contributed by atoms with Crippen LogP contribution in [0.4, 0.5) is 0 Å². The monoisotopic (exact) mass is 340 g/mol. The highest BCUT2D eigenvalue weighted by Gasteiger charge is 2.17. The van der Waals surface area contributed by atoms with E-state index in [0.717, 1.165) is 25.7 Å². The summed E-state index contributed by atoms with van der Waals surface area (Å²) in [6, 6.07) is 0. The molecule has 2 rings (SSSR count). The van der Waals surface area contributed by atoms with Crippen molar-refractivity contribution in [3.63, 3.8) is 0 Å². The first-order valence-corrected chi connectivity index (χ1v) is 8.94. The number of nitrogens with one attached hydrogen (secondary N) is 1. The molecule has 2 N–H and O–H groups in total. The molecule has 0 aliphatic rings. The lowest BCUT2D eigenvalue weighted by Crippen LogP contribution is -2.29. The van der Waals surface area contributed by atoms with E-state index in [1.807, 2.05) is 4.57 Å². The molecule has 23 heavy (non-hydrogen) atoms.